The number of aromatic carboxylic acids is 1. The van der Waals surface area contributed by atoms with Crippen LogP contribution in [0.5, 0.6) is 0 Å². The van der Waals surface area contributed by atoms with Gasteiger partial charge in [0.05, 0.1) is 14.5 Å². The van der Waals surface area contributed by atoms with E-state index < -0.39 is 16.0 Å². The van der Waals surface area contributed by atoms with Crippen LogP contribution in [0, 0.1) is 6.92 Å². The van der Waals surface area contributed by atoms with E-state index in [4.69, 9.17) is 16.7 Å². The molecule has 0 atom stereocenters. The van der Waals surface area contributed by atoms with E-state index in [1.165, 1.54) is 35.6 Å². The fourth-order valence-electron chi connectivity index (χ4n) is 1.72. The molecule has 1 aromatic heterocycles. The summed E-state index contributed by atoms with van der Waals surface area (Å²) in [6, 6.07) is 5.68. The lowest BCUT2D eigenvalue weighted by Crippen LogP contribution is -2.16. The molecular formula is C12H9BrClNO4S2. The molecule has 0 amide bonds. The predicted octanol–water partition coefficient (Wildman–Crippen LogP) is 3.97. The quantitative estimate of drug-likeness (QED) is 0.799. The molecule has 0 unspecified atom stereocenters. The van der Waals surface area contributed by atoms with Crippen LogP contribution in [0.15, 0.2) is 32.9 Å². The third-order valence-corrected chi connectivity index (χ3v) is 6.09. The Balaban J connectivity index is 2.50. The van der Waals surface area contributed by atoms with E-state index >= 15 is 0 Å². The van der Waals surface area contributed by atoms with Crippen LogP contribution in [0.1, 0.15) is 15.2 Å². The van der Waals surface area contributed by atoms with Gasteiger partial charge in [0, 0.05) is 4.88 Å². The molecule has 2 aromatic rings. The van der Waals surface area contributed by atoms with Gasteiger partial charge in [-0.2, -0.15) is 0 Å². The van der Waals surface area contributed by atoms with Crippen molar-refractivity contribution in [3.63, 3.8) is 0 Å². The molecule has 0 aliphatic carbocycles. The fraction of sp³-hybridized carbons (Fsp3) is 0.0833. The molecule has 112 valence electrons. The number of carboxylic acid groups (broad SMARTS) is 1. The molecule has 0 aliphatic heterocycles. The van der Waals surface area contributed by atoms with Crippen LogP contribution in [0.25, 0.3) is 0 Å². The van der Waals surface area contributed by atoms with Gasteiger partial charge in [0.1, 0.15) is 10.5 Å². The van der Waals surface area contributed by atoms with E-state index in [1.54, 1.807) is 6.92 Å². The number of anilines is 1. The zero-order valence-corrected chi connectivity index (χ0v) is 14.5. The van der Waals surface area contributed by atoms with Crippen molar-refractivity contribution in [2.24, 2.45) is 0 Å². The maximum absolute atomic E-state index is 12.4. The number of thiophene rings is 1. The second kappa shape index (κ2) is 5.96. The van der Waals surface area contributed by atoms with Gasteiger partial charge in [-0.1, -0.05) is 17.7 Å². The van der Waals surface area contributed by atoms with E-state index in [1.807, 2.05) is 0 Å². The standard InChI is InChI=1S/C12H9BrClNO4S2/c1-6-9(5-10(13)20-6)21(18,19)15-8-4-2-3-7(14)11(8)12(16)17/h2-5,15H,1H3,(H,16,17). The minimum absolute atomic E-state index is 0.0362. The molecule has 21 heavy (non-hydrogen) atoms. The Bertz CT molecular complexity index is 817. The number of carboxylic acids is 1. The zero-order chi connectivity index (χ0) is 15.8. The summed E-state index contributed by atoms with van der Waals surface area (Å²) in [5.74, 6) is -1.30. The van der Waals surface area contributed by atoms with E-state index in [2.05, 4.69) is 20.7 Å². The lowest BCUT2D eigenvalue weighted by Gasteiger charge is -2.11. The molecule has 9 heteroatoms. The minimum atomic E-state index is -3.89. The van der Waals surface area contributed by atoms with Crippen LogP contribution in [0.4, 0.5) is 5.69 Å². The molecule has 5 nitrogen and oxygen atoms in total. The number of carbonyl (C=O) groups is 1. The van der Waals surface area contributed by atoms with E-state index in [0.29, 0.717) is 8.66 Å². The zero-order valence-electron chi connectivity index (χ0n) is 10.6. The summed E-state index contributed by atoms with van der Waals surface area (Å²) in [5.41, 5.74) is -0.355. The fourth-order valence-corrected chi connectivity index (χ4v) is 5.47. The topological polar surface area (TPSA) is 83.5 Å². The molecular weight excluding hydrogens is 402 g/mol. The molecule has 0 spiro atoms. The number of aryl methyl sites for hydroxylation is 1. The van der Waals surface area contributed by atoms with Crippen molar-refractivity contribution < 1.29 is 18.3 Å². The number of hydrogen-bond acceptors (Lipinski definition) is 4. The smallest absolute Gasteiger partial charge is 0.339 e. The lowest BCUT2D eigenvalue weighted by molar-refractivity contribution is 0.0698. The van der Waals surface area contributed by atoms with E-state index in [0.717, 1.165) is 0 Å². The summed E-state index contributed by atoms with van der Waals surface area (Å²) in [7, 11) is -3.89. The first-order valence-electron chi connectivity index (χ1n) is 5.53. The molecule has 0 saturated heterocycles. The Morgan fingerprint density at radius 3 is 2.62 bits per heavy atom. The maximum atomic E-state index is 12.4. The lowest BCUT2D eigenvalue weighted by atomic mass is 10.2. The Labute approximate surface area is 138 Å². The van der Waals surface area contributed by atoms with Crippen molar-refractivity contribution in [2.75, 3.05) is 4.72 Å². The van der Waals surface area contributed by atoms with Gasteiger partial charge >= 0.3 is 5.97 Å². The molecule has 0 fully saturated rings. The van der Waals surface area contributed by atoms with Crippen LogP contribution >= 0.6 is 38.9 Å². The van der Waals surface area contributed by atoms with Gasteiger partial charge in [0.15, 0.2) is 0 Å². The first kappa shape index (κ1) is 16.3. The SMILES string of the molecule is Cc1sc(Br)cc1S(=O)(=O)Nc1cccc(Cl)c1C(=O)O. The average Bonchev–Trinajstić information content (AvgIpc) is 2.68. The Morgan fingerprint density at radius 2 is 2.10 bits per heavy atom. The highest BCUT2D eigenvalue weighted by molar-refractivity contribution is 9.11. The van der Waals surface area contributed by atoms with Crippen molar-refractivity contribution in [3.05, 3.63) is 43.5 Å². The van der Waals surface area contributed by atoms with Crippen LogP contribution in [0.3, 0.4) is 0 Å². The molecule has 1 heterocycles. The second-order valence-corrected chi connectivity index (χ2v) is 8.74. The first-order chi connectivity index (χ1) is 9.72. The Kier molecular flexibility index (Phi) is 4.62. The summed E-state index contributed by atoms with van der Waals surface area (Å²) in [5, 5.41) is 9.11. The summed E-state index contributed by atoms with van der Waals surface area (Å²) >= 11 is 10.3. The molecule has 0 saturated carbocycles. The van der Waals surface area contributed by atoms with Crippen LogP contribution < -0.4 is 4.72 Å². The third-order valence-electron chi connectivity index (χ3n) is 2.60. The monoisotopic (exact) mass is 409 g/mol. The highest BCUT2D eigenvalue weighted by Gasteiger charge is 2.23. The van der Waals surface area contributed by atoms with Gasteiger partial charge in [0.2, 0.25) is 0 Å². The highest BCUT2D eigenvalue weighted by Crippen LogP contribution is 2.32. The Hall–Kier alpha value is -1.09. The largest absolute Gasteiger partial charge is 0.478 e. The molecule has 2 N–H and O–H groups in total. The van der Waals surface area contributed by atoms with Crippen molar-refractivity contribution >= 4 is 60.5 Å². The molecule has 0 radical (unpaired) electrons. The number of benzene rings is 1. The minimum Gasteiger partial charge on any atom is -0.478 e. The van der Waals surface area contributed by atoms with Crippen LogP contribution in [-0.4, -0.2) is 19.5 Å². The van der Waals surface area contributed by atoms with Crippen molar-refractivity contribution in [3.8, 4) is 0 Å². The summed E-state index contributed by atoms with van der Waals surface area (Å²) < 4.78 is 27.7. The van der Waals surface area contributed by atoms with Gasteiger partial charge in [0.25, 0.3) is 10.0 Å². The summed E-state index contributed by atoms with van der Waals surface area (Å²) in [6.45, 7) is 1.67. The van der Waals surface area contributed by atoms with Crippen LogP contribution in [-0.2, 0) is 10.0 Å². The number of sulfonamides is 1. The number of halogens is 2. The van der Waals surface area contributed by atoms with Gasteiger partial charge in [-0.05, 0) is 41.1 Å². The molecule has 0 bridgehead atoms. The van der Waals surface area contributed by atoms with Crippen LogP contribution in [0.2, 0.25) is 5.02 Å². The maximum Gasteiger partial charge on any atom is 0.339 e. The van der Waals surface area contributed by atoms with Gasteiger partial charge in [-0.15, -0.1) is 11.3 Å². The first-order valence-corrected chi connectivity index (χ1v) is 9.00. The molecule has 1 aromatic carbocycles. The third kappa shape index (κ3) is 3.39. The molecule has 2 rings (SSSR count). The Morgan fingerprint density at radius 1 is 1.43 bits per heavy atom. The summed E-state index contributed by atoms with van der Waals surface area (Å²) in [4.78, 5) is 11.9. The van der Waals surface area contributed by atoms with Crippen molar-refractivity contribution in [1.29, 1.82) is 0 Å². The van der Waals surface area contributed by atoms with E-state index in [-0.39, 0.29) is 21.2 Å². The normalized spacial score (nSPS) is 11.4. The number of rotatable bonds is 4. The van der Waals surface area contributed by atoms with Gasteiger partial charge in [-0.25, -0.2) is 13.2 Å². The summed E-state index contributed by atoms with van der Waals surface area (Å²) in [6.07, 6.45) is 0. The number of hydrogen-bond donors (Lipinski definition) is 2. The van der Waals surface area contributed by atoms with Crippen molar-refractivity contribution in [2.45, 2.75) is 11.8 Å². The van der Waals surface area contributed by atoms with E-state index in [9.17, 15) is 13.2 Å². The van der Waals surface area contributed by atoms with Crippen molar-refractivity contribution in [1.82, 2.24) is 0 Å². The average molecular weight is 411 g/mol. The number of nitrogens with one attached hydrogen (secondary N) is 1. The van der Waals surface area contributed by atoms with Gasteiger partial charge < -0.3 is 5.11 Å². The molecule has 0 aliphatic rings. The second-order valence-electron chi connectivity index (χ2n) is 4.04. The highest BCUT2D eigenvalue weighted by atomic mass is 79.9. The predicted molar refractivity (Wildman–Crippen MR) is 86.0 cm³/mol. The van der Waals surface area contributed by atoms with Gasteiger partial charge in [-0.3, -0.25) is 4.72 Å².